The van der Waals surface area contributed by atoms with Crippen molar-refractivity contribution in [2.75, 3.05) is 5.73 Å². The number of halogens is 1. The van der Waals surface area contributed by atoms with Crippen LogP contribution in [0.2, 0.25) is 0 Å². The van der Waals surface area contributed by atoms with Crippen molar-refractivity contribution in [1.29, 1.82) is 5.41 Å². The summed E-state index contributed by atoms with van der Waals surface area (Å²) in [5.74, 6) is -0.396. The highest BCUT2D eigenvalue weighted by molar-refractivity contribution is 6.00. The molecule has 1 aromatic heterocycles. The van der Waals surface area contributed by atoms with Crippen LogP contribution in [0.4, 0.5) is 10.2 Å². The van der Waals surface area contributed by atoms with E-state index in [0.29, 0.717) is 5.69 Å². The number of nitrogens with zero attached hydrogens (tertiary/aromatic N) is 1. The molecule has 0 amide bonds. The second-order valence-electron chi connectivity index (χ2n) is 2.63. The third kappa shape index (κ3) is 1.42. The topological polar surface area (TPSA) is 62.8 Å². The molecule has 0 spiro atoms. The smallest absolute Gasteiger partial charge is 0.137 e. The van der Waals surface area contributed by atoms with E-state index >= 15 is 0 Å². The molecular formula is C8H10FN3. The Balaban J connectivity index is 3.38. The molecule has 0 bridgehead atoms. The summed E-state index contributed by atoms with van der Waals surface area (Å²) in [5.41, 5.74) is 6.15. The van der Waals surface area contributed by atoms with Gasteiger partial charge < -0.3 is 11.1 Å². The number of nitrogens with one attached hydrogen (secondary N) is 1. The van der Waals surface area contributed by atoms with E-state index in [-0.39, 0.29) is 17.1 Å². The predicted octanol–water partition coefficient (Wildman–Crippen LogP) is 1.50. The van der Waals surface area contributed by atoms with Gasteiger partial charge in [-0.1, -0.05) is 0 Å². The number of aryl methyl sites for hydroxylation is 1. The molecule has 0 aliphatic heterocycles. The molecule has 3 N–H and O–H groups in total. The number of hydrogen-bond acceptors (Lipinski definition) is 3. The summed E-state index contributed by atoms with van der Waals surface area (Å²) in [7, 11) is 0. The number of pyridine rings is 1. The van der Waals surface area contributed by atoms with Crippen LogP contribution in [0.5, 0.6) is 0 Å². The van der Waals surface area contributed by atoms with Gasteiger partial charge >= 0.3 is 0 Å². The molecule has 64 valence electrons. The molecule has 3 nitrogen and oxygen atoms in total. The fourth-order valence-corrected chi connectivity index (χ4v) is 1.03. The van der Waals surface area contributed by atoms with Crippen molar-refractivity contribution in [3.05, 3.63) is 23.1 Å². The first-order valence-corrected chi connectivity index (χ1v) is 3.50. The molecule has 1 aromatic rings. The molecule has 0 aromatic carbocycles. The van der Waals surface area contributed by atoms with Crippen molar-refractivity contribution < 1.29 is 4.39 Å². The average Bonchev–Trinajstić information content (AvgIpc) is 1.82. The van der Waals surface area contributed by atoms with Gasteiger partial charge in [0.05, 0.1) is 5.56 Å². The molecule has 0 saturated carbocycles. The normalized spacial score (nSPS) is 9.92. The second-order valence-corrected chi connectivity index (χ2v) is 2.63. The maximum atomic E-state index is 13.1. The number of aromatic nitrogens is 1. The fraction of sp³-hybridized carbons (Fsp3) is 0.250. The van der Waals surface area contributed by atoms with Crippen molar-refractivity contribution >= 4 is 11.5 Å². The summed E-state index contributed by atoms with van der Waals surface area (Å²) in [6, 6.07) is 1.27. The molecule has 0 radical (unpaired) electrons. The summed E-state index contributed by atoms with van der Waals surface area (Å²) < 4.78 is 13.1. The summed E-state index contributed by atoms with van der Waals surface area (Å²) in [5, 5.41) is 7.23. The van der Waals surface area contributed by atoms with Crippen LogP contribution in [0, 0.1) is 18.2 Å². The second kappa shape index (κ2) is 2.89. The van der Waals surface area contributed by atoms with Gasteiger partial charge in [-0.05, 0) is 19.9 Å². The van der Waals surface area contributed by atoms with Gasteiger partial charge in [0.15, 0.2) is 0 Å². The summed E-state index contributed by atoms with van der Waals surface area (Å²) in [4.78, 5) is 3.85. The van der Waals surface area contributed by atoms with Gasteiger partial charge in [0.25, 0.3) is 0 Å². The molecule has 1 rings (SSSR count). The zero-order chi connectivity index (χ0) is 9.30. The van der Waals surface area contributed by atoms with Crippen LogP contribution >= 0.6 is 0 Å². The van der Waals surface area contributed by atoms with Crippen LogP contribution in [0.15, 0.2) is 6.07 Å². The molecule has 0 aliphatic carbocycles. The van der Waals surface area contributed by atoms with Gasteiger partial charge in [-0.15, -0.1) is 0 Å². The zero-order valence-electron chi connectivity index (χ0n) is 6.98. The van der Waals surface area contributed by atoms with E-state index in [0.717, 1.165) is 0 Å². The standard InChI is InChI=1S/C8H10FN3/c1-4-3-6(9)7(5(2)10)8(11)12-4/h3,10H,1-2H3,(H2,11,12). The van der Waals surface area contributed by atoms with Crippen molar-refractivity contribution in [2.45, 2.75) is 13.8 Å². The zero-order valence-corrected chi connectivity index (χ0v) is 6.98. The maximum absolute atomic E-state index is 13.1. The number of nitrogen functional groups attached to an aromatic ring is 1. The number of anilines is 1. The lowest BCUT2D eigenvalue weighted by molar-refractivity contribution is 0.622. The minimum Gasteiger partial charge on any atom is -0.383 e. The molecule has 0 saturated heterocycles. The highest BCUT2D eigenvalue weighted by Gasteiger charge is 2.10. The molecule has 0 aliphatic rings. The van der Waals surface area contributed by atoms with Gasteiger partial charge in [0.1, 0.15) is 11.6 Å². The Bertz CT molecular complexity index is 310. The molecule has 12 heavy (non-hydrogen) atoms. The van der Waals surface area contributed by atoms with Gasteiger partial charge in [-0.2, -0.15) is 0 Å². The minimum absolute atomic E-state index is 0.0833. The third-order valence-corrected chi connectivity index (χ3v) is 1.50. The Morgan fingerprint density at radius 2 is 2.25 bits per heavy atom. The van der Waals surface area contributed by atoms with Crippen LogP contribution in [0.3, 0.4) is 0 Å². The highest BCUT2D eigenvalue weighted by atomic mass is 19.1. The van der Waals surface area contributed by atoms with E-state index < -0.39 is 5.82 Å². The number of hydrogen-bond donors (Lipinski definition) is 2. The Morgan fingerprint density at radius 1 is 1.67 bits per heavy atom. The molecule has 4 heteroatoms. The van der Waals surface area contributed by atoms with E-state index in [4.69, 9.17) is 11.1 Å². The van der Waals surface area contributed by atoms with Crippen LogP contribution in [0.25, 0.3) is 0 Å². The largest absolute Gasteiger partial charge is 0.383 e. The van der Waals surface area contributed by atoms with Gasteiger partial charge in [0, 0.05) is 11.4 Å². The molecule has 0 unspecified atom stereocenters. The minimum atomic E-state index is -0.479. The van der Waals surface area contributed by atoms with Gasteiger partial charge in [0.2, 0.25) is 0 Å². The van der Waals surface area contributed by atoms with E-state index in [9.17, 15) is 4.39 Å². The van der Waals surface area contributed by atoms with E-state index in [1.807, 2.05) is 0 Å². The van der Waals surface area contributed by atoms with Crippen LogP contribution in [-0.4, -0.2) is 10.7 Å². The van der Waals surface area contributed by atoms with Crippen molar-refractivity contribution in [1.82, 2.24) is 4.98 Å². The fourth-order valence-electron chi connectivity index (χ4n) is 1.03. The summed E-state index contributed by atoms with van der Waals surface area (Å²) >= 11 is 0. The average molecular weight is 167 g/mol. The summed E-state index contributed by atoms with van der Waals surface area (Å²) in [6.45, 7) is 3.13. The first-order valence-electron chi connectivity index (χ1n) is 3.50. The monoisotopic (exact) mass is 167 g/mol. The lowest BCUT2D eigenvalue weighted by Crippen LogP contribution is -2.06. The van der Waals surface area contributed by atoms with E-state index in [2.05, 4.69) is 4.98 Å². The third-order valence-electron chi connectivity index (χ3n) is 1.50. The predicted molar refractivity (Wildman–Crippen MR) is 45.8 cm³/mol. The summed E-state index contributed by atoms with van der Waals surface area (Å²) in [6.07, 6.45) is 0. The van der Waals surface area contributed by atoms with Gasteiger partial charge in [-0.3, -0.25) is 0 Å². The maximum Gasteiger partial charge on any atom is 0.137 e. The quantitative estimate of drug-likeness (QED) is 0.622. The number of nitrogens with two attached hydrogens (primary N) is 1. The van der Waals surface area contributed by atoms with Crippen molar-refractivity contribution in [3.8, 4) is 0 Å². The van der Waals surface area contributed by atoms with Crippen molar-refractivity contribution in [2.24, 2.45) is 0 Å². The van der Waals surface area contributed by atoms with Crippen molar-refractivity contribution in [3.63, 3.8) is 0 Å². The Hall–Kier alpha value is -1.45. The Morgan fingerprint density at radius 3 is 2.67 bits per heavy atom. The van der Waals surface area contributed by atoms with Crippen LogP contribution < -0.4 is 5.73 Å². The van der Waals surface area contributed by atoms with E-state index in [1.165, 1.54) is 13.0 Å². The first kappa shape index (κ1) is 8.64. The Kier molecular flexibility index (Phi) is 2.08. The Labute approximate surface area is 69.9 Å². The molecule has 0 fully saturated rings. The lowest BCUT2D eigenvalue weighted by Gasteiger charge is -2.04. The number of rotatable bonds is 1. The first-order chi connectivity index (χ1) is 5.52. The van der Waals surface area contributed by atoms with Crippen LogP contribution in [-0.2, 0) is 0 Å². The van der Waals surface area contributed by atoms with Gasteiger partial charge in [-0.25, -0.2) is 9.37 Å². The SMILES string of the molecule is CC(=N)c1c(F)cc(C)nc1N. The highest BCUT2D eigenvalue weighted by Crippen LogP contribution is 2.14. The molecule has 0 atom stereocenters. The molecule has 1 heterocycles. The van der Waals surface area contributed by atoms with Crippen LogP contribution in [0.1, 0.15) is 18.2 Å². The molecular weight excluding hydrogens is 157 g/mol. The lowest BCUT2D eigenvalue weighted by atomic mass is 10.1. The van der Waals surface area contributed by atoms with E-state index in [1.54, 1.807) is 6.92 Å².